The van der Waals surface area contributed by atoms with Crippen LogP contribution in [0.1, 0.15) is 22.8 Å². The number of anilines is 1. The Morgan fingerprint density at radius 1 is 1.47 bits per heavy atom. The number of hydrogen-bond donors (Lipinski definition) is 1. The summed E-state index contributed by atoms with van der Waals surface area (Å²) in [5, 5.41) is 0. The molecule has 0 saturated carbocycles. The van der Waals surface area contributed by atoms with E-state index in [4.69, 9.17) is 10.5 Å². The van der Waals surface area contributed by atoms with Gasteiger partial charge in [0.1, 0.15) is 0 Å². The maximum absolute atomic E-state index is 12.1. The number of ether oxygens (including phenoxy) is 1. The summed E-state index contributed by atoms with van der Waals surface area (Å²) in [6.45, 7) is 5.65. The predicted octanol–water partition coefficient (Wildman–Crippen LogP) is 1.69. The second-order valence-electron chi connectivity index (χ2n) is 4.00. The van der Waals surface area contributed by atoms with Crippen molar-refractivity contribution in [3.8, 4) is 0 Å². The topological polar surface area (TPSA) is 55.6 Å². The van der Waals surface area contributed by atoms with Crippen LogP contribution >= 0.6 is 0 Å². The zero-order chi connectivity index (χ0) is 12.8. The zero-order valence-electron chi connectivity index (χ0n) is 10.7. The van der Waals surface area contributed by atoms with Gasteiger partial charge in [-0.25, -0.2) is 0 Å². The summed E-state index contributed by atoms with van der Waals surface area (Å²) in [6.07, 6.45) is 0. The van der Waals surface area contributed by atoms with Gasteiger partial charge in [-0.1, -0.05) is 0 Å². The van der Waals surface area contributed by atoms with Crippen LogP contribution in [0.25, 0.3) is 0 Å². The summed E-state index contributed by atoms with van der Waals surface area (Å²) >= 11 is 0. The first-order valence-corrected chi connectivity index (χ1v) is 5.75. The van der Waals surface area contributed by atoms with Crippen molar-refractivity contribution in [2.24, 2.45) is 0 Å². The number of rotatable bonds is 5. The van der Waals surface area contributed by atoms with E-state index in [9.17, 15) is 4.79 Å². The fourth-order valence-electron chi connectivity index (χ4n) is 1.58. The molecule has 0 heterocycles. The zero-order valence-corrected chi connectivity index (χ0v) is 10.7. The van der Waals surface area contributed by atoms with E-state index in [-0.39, 0.29) is 5.91 Å². The Balaban J connectivity index is 2.68. The fourth-order valence-corrected chi connectivity index (χ4v) is 1.58. The number of amides is 1. The van der Waals surface area contributed by atoms with Crippen molar-refractivity contribution in [1.82, 2.24) is 4.90 Å². The molecule has 0 saturated heterocycles. The van der Waals surface area contributed by atoms with E-state index < -0.39 is 0 Å². The molecule has 0 spiro atoms. The number of likely N-dealkylation sites (N-methyl/N-ethyl adjacent to an activating group) is 1. The van der Waals surface area contributed by atoms with Gasteiger partial charge in [-0.2, -0.15) is 0 Å². The summed E-state index contributed by atoms with van der Waals surface area (Å²) in [5.41, 5.74) is 7.93. The SMILES string of the molecule is CCOCCN(C)C(=O)c1ccc(N)cc1C. The molecule has 0 unspecified atom stereocenters. The number of carbonyl (C=O) groups excluding carboxylic acids is 1. The van der Waals surface area contributed by atoms with Gasteiger partial charge in [-0.05, 0) is 37.6 Å². The molecule has 1 aromatic rings. The van der Waals surface area contributed by atoms with Gasteiger partial charge in [0.05, 0.1) is 6.61 Å². The number of nitrogen functional groups attached to an aromatic ring is 1. The van der Waals surface area contributed by atoms with Crippen LogP contribution in [0.3, 0.4) is 0 Å². The average molecular weight is 236 g/mol. The highest BCUT2D eigenvalue weighted by Crippen LogP contribution is 2.14. The smallest absolute Gasteiger partial charge is 0.253 e. The van der Waals surface area contributed by atoms with Gasteiger partial charge in [0.15, 0.2) is 0 Å². The van der Waals surface area contributed by atoms with E-state index in [1.54, 1.807) is 24.1 Å². The summed E-state index contributed by atoms with van der Waals surface area (Å²) in [4.78, 5) is 13.8. The van der Waals surface area contributed by atoms with Crippen LogP contribution in [0.5, 0.6) is 0 Å². The van der Waals surface area contributed by atoms with Crippen molar-refractivity contribution < 1.29 is 9.53 Å². The van der Waals surface area contributed by atoms with Gasteiger partial charge in [0.2, 0.25) is 0 Å². The molecule has 0 radical (unpaired) electrons. The standard InChI is InChI=1S/C13H20N2O2/c1-4-17-8-7-15(3)13(16)12-6-5-11(14)9-10(12)2/h5-6,9H,4,7-8,14H2,1-3H3. The third-order valence-electron chi connectivity index (χ3n) is 2.60. The number of nitrogens with two attached hydrogens (primary N) is 1. The minimum Gasteiger partial charge on any atom is -0.399 e. The highest BCUT2D eigenvalue weighted by atomic mass is 16.5. The molecule has 0 bridgehead atoms. The molecule has 0 fully saturated rings. The molecule has 94 valence electrons. The van der Waals surface area contributed by atoms with Gasteiger partial charge in [0, 0.05) is 31.5 Å². The lowest BCUT2D eigenvalue weighted by molar-refractivity contribution is 0.0709. The summed E-state index contributed by atoms with van der Waals surface area (Å²) < 4.78 is 5.23. The maximum Gasteiger partial charge on any atom is 0.253 e. The Morgan fingerprint density at radius 3 is 2.76 bits per heavy atom. The minimum absolute atomic E-state index is 0.00204. The molecule has 0 aliphatic heterocycles. The second-order valence-corrected chi connectivity index (χ2v) is 4.00. The molecule has 0 aliphatic carbocycles. The Bertz CT molecular complexity index is 391. The predicted molar refractivity (Wildman–Crippen MR) is 69.0 cm³/mol. The molecule has 1 amide bonds. The van der Waals surface area contributed by atoms with Crippen LogP contribution in [-0.2, 0) is 4.74 Å². The maximum atomic E-state index is 12.1. The highest BCUT2D eigenvalue weighted by molar-refractivity contribution is 5.95. The number of carbonyl (C=O) groups is 1. The van der Waals surface area contributed by atoms with Crippen LogP contribution in [-0.4, -0.2) is 37.6 Å². The summed E-state index contributed by atoms with van der Waals surface area (Å²) in [5.74, 6) is 0.00204. The quantitative estimate of drug-likeness (QED) is 0.625. The van der Waals surface area contributed by atoms with Crippen molar-refractivity contribution in [2.75, 3.05) is 32.5 Å². The fraction of sp³-hybridized carbons (Fsp3) is 0.462. The minimum atomic E-state index is 0.00204. The Labute approximate surface area is 102 Å². The lowest BCUT2D eigenvalue weighted by Crippen LogP contribution is -2.30. The number of hydrogen-bond acceptors (Lipinski definition) is 3. The molecule has 2 N–H and O–H groups in total. The molecular formula is C13H20N2O2. The molecule has 1 aromatic carbocycles. The second kappa shape index (κ2) is 6.25. The van der Waals surface area contributed by atoms with Gasteiger partial charge >= 0.3 is 0 Å². The van der Waals surface area contributed by atoms with Gasteiger partial charge < -0.3 is 15.4 Å². The molecule has 0 aliphatic rings. The van der Waals surface area contributed by atoms with Crippen molar-refractivity contribution in [1.29, 1.82) is 0 Å². The van der Waals surface area contributed by atoms with E-state index in [0.29, 0.717) is 31.0 Å². The largest absolute Gasteiger partial charge is 0.399 e. The van der Waals surface area contributed by atoms with Gasteiger partial charge in [-0.3, -0.25) is 4.79 Å². The molecule has 17 heavy (non-hydrogen) atoms. The average Bonchev–Trinajstić information content (AvgIpc) is 2.28. The molecule has 0 atom stereocenters. The first-order valence-electron chi connectivity index (χ1n) is 5.75. The normalized spacial score (nSPS) is 10.3. The Morgan fingerprint density at radius 2 is 2.18 bits per heavy atom. The Hall–Kier alpha value is -1.55. The lowest BCUT2D eigenvalue weighted by atomic mass is 10.1. The van der Waals surface area contributed by atoms with Crippen molar-refractivity contribution >= 4 is 11.6 Å². The number of nitrogens with zero attached hydrogens (tertiary/aromatic N) is 1. The van der Waals surface area contributed by atoms with E-state index in [1.807, 2.05) is 19.9 Å². The highest BCUT2D eigenvalue weighted by Gasteiger charge is 2.13. The molecule has 4 nitrogen and oxygen atoms in total. The molecule has 1 rings (SSSR count). The third-order valence-corrected chi connectivity index (χ3v) is 2.60. The van der Waals surface area contributed by atoms with Crippen molar-refractivity contribution in [3.05, 3.63) is 29.3 Å². The Kier molecular flexibility index (Phi) is 4.97. The monoisotopic (exact) mass is 236 g/mol. The van der Waals surface area contributed by atoms with Crippen LogP contribution in [0.4, 0.5) is 5.69 Å². The molecular weight excluding hydrogens is 216 g/mol. The van der Waals surface area contributed by atoms with Gasteiger partial charge in [-0.15, -0.1) is 0 Å². The first kappa shape index (κ1) is 13.5. The van der Waals surface area contributed by atoms with Gasteiger partial charge in [0.25, 0.3) is 5.91 Å². The van der Waals surface area contributed by atoms with E-state index in [1.165, 1.54) is 0 Å². The van der Waals surface area contributed by atoms with Crippen molar-refractivity contribution in [2.45, 2.75) is 13.8 Å². The third kappa shape index (κ3) is 3.75. The molecule has 0 aromatic heterocycles. The molecule has 4 heteroatoms. The first-order chi connectivity index (χ1) is 8.06. The summed E-state index contributed by atoms with van der Waals surface area (Å²) in [7, 11) is 1.77. The number of aryl methyl sites for hydroxylation is 1. The van der Waals surface area contributed by atoms with Crippen LogP contribution < -0.4 is 5.73 Å². The van der Waals surface area contributed by atoms with Crippen LogP contribution in [0.2, 0.25) is 0 Å². The lowest BCUT2D eigenvalue weighted by Gasteiger charge is -2.18. The van der Waals surface area contributed by atoms with E-state index >= 15 is 0 Å². The number of benzene rings is 1. The van der Waals surface area contributed by atoms with Crippen LogP contribution in [0.15, 0.2) is 18.2 Å². The summed E-state index contributed by atoms with van der Waals surface area (Å²) in [6, 6.07) is 5.32. The van der Waals surface area contributed by atoms with Crippen LogP contribution in [0, 0.1) is 6.92 Å². The van der Waals surface area contributed by atoms with E-state index in [0.717, 1.165) is 5.56 Å². The van der Waals surface area contributed by atoms with Crippen molar-refractivity contribution in [3.63, 3.8) is 0 Å². The van der Waals surface area contributed by atoms with E-state index in [2.05, 4.69) is 0 Å².